The van der Waals surface area contributed by atoms with Gasteiger partial charge in [-0.15, -0.1) is 10.2 Å². The molecule has 1 aliphatic rings. The van der Waals surface area contributed by atoms with Gasteiger partial charge >= 0.3 is 0 Å². The van der Waals surface area contributed by atoms with Crippen LogP contribution in [0.3, 0.4) is 0 Å². The lowest BCUT2D eigenvalue weighted by atomic mass is 10.1. The molecule has 9 nitrogen and oxygen atoms in total. The molecule has 1 aliphatic heterocycles. The summed E-state index contributed by atoms with van der Waals surface area (Å²) in [6.45, 7) is 4.11. The lowest BCUT2D eigenvalue weighted by Gasteiger charge is -2.28. The summed E-state index contributed by atoms with van der Waals surface area (Å²) in [4.78, 5) is 16.3. The predicted molar refractivity (Wildman–Crippen MR) is 140 cm³/mol. The van der Waals surface area contributed by atoms with Gasteiger partial charge in [0.1, 0.15) is 0 Å². The molecular formula is C27H29N7O2. The minimum absolute atomic E-state index is 0.0929. The Kier molecular flexibility index (Phi) is 7.48. The first-order chi connectivity index (χ1) is 17.7. The Labute approximate surface area is 210 Å². The number of rotatable bonds is 9. The van der Waals surface area contributed by atoms with Gasteiger partial charge in [-0.3, -0.25) is 4.79 Å². The molecule has 9 heteroatoms. The molecule has 0 unspecified atom stereocenters. The van der Waals surface area contributed by atoms with Crippen molar-refractivity contribution in [1.82, 2.24) is 20.2 Å². The molecule has 2 N–H and O–H groups in total. The van der Waals surface area contributed by atoms with Gasteiger partial charge in [0, 0.05) is 35.7 Å². The molecule has 184 valence electrons. The first-order valence-corrected chi connectivity index (χ1v) is 12.1. The van der Waals surface area contributed by atoms with Gasteiger partial charge in [-0.25, -0.2) is 0 Å². The van der Waals surface area contributed by atoms with E-state index in [9.17, 15) is 4.79 Å². The number of nitrogens with one attached hydrogen (secondary N) is 2. The molecule has 0 atom stereocenters. The summed E-state index contributed by atoms with van der Waals surface area (Å²) in [5.74, 6) is 0.533. The second kappa shape index (κ2) is 11.5. The van der Waals surface area contributed by atoms with Crippen LogP contribution >= 0.6 is 0 Å². The Bertz CT molecular complexity index is 1250. The van der Waals surface area contributed by atoms with Crippen molar-refractivity contribution in [3.05, 3.63) is 84.4 Å². The zero-order valence-corrected chi connectivity index (χ0v) is 20.0. The van der Waals surface area contributed by atoms with E-state index in [0.717, 1.165) is 60.9 Å². The van der Waals surface area contributed by atoms with Gasteiger partial charge in [0.05, 0.1) is 26.3 Å². The maximum atomic E-state index is 12.4. The van der Waals surface area contributed by atoms with E-state index in [1.54, 1.807) is 4.80 Å². The van der Waals surface area contributed by atoms with Crippen LogP contribution in [0.1, 0.15) is 5.56 Å². The number of anilines is 3. The Balaban J connectivity index is 1.06. The normalized spacial score (nSPS) is 13.4. The van der Waals surface area contributed by atoms with Crippen molar-refractivity contribution in [1.29, 1.82) is 0 Å². The number of carbonyl (C=O) groups is 1. The molecule has 0 aliphatic carbocycles. The van der Waals surface area contributed by atoms with E-state index in [-0.39, 0.29) is 12.5 Å². The van der Waals surface area contributed by atoms with Gasteiger partial charge in [0.2, 0.25) is 11.7 Å². The van der Waals surface area contributed by atoms with Crippen molar-refractivity contribution < 1.29 is 9.53 Å². The summed E-state index contributed by atoms with van der Waals surface area (Å²) in [6.07, 6.45) is 0.784. The van der Waals surface area contributed by atoms with E-state index >= 15 is 0 Å². The number of amides is 1. The number of carbonyl (C=O) groups excluding carboxylic acids is 1. The van der Waals surface area contributed by atoms with Crippen LogP contribution in [0.4, 0.5) is 17.1 Å². The largest absolute Gasteiger partial charge is 0.378 e. The molecule has 36 heavy (non-hydrogen) atoms. The summed E-state index contributed by atoms with van der Waals surface area (Å²) >= 11 is 0. The summed E-state index contributed by atoms with van der Waals surface area (Å²) in [7, 11) is 0. The van der Waals surface area contributed by atoms with Crippen LogP contribution < -0.4 is 15.5 Å². The average molecular weight is 484 g/mol. The Morgan fingerprint density at radius 3 is 2.36 bits per heavy atom. The van der Waals surface area contributed by atoms with Gasteiger partial charge < -0.3 is 20.3 Å². The van der Waals surface area contributed by atoms with E-state index in [1.807, 2.05) is 78.9 Å². The number of morpholine rings is 1. The third-order valence-corrected chi connectivity index (χ3v) is 6.02. The van der Waals surface area contributed by atoms with E-state index in [1.165, 1.54) is 0 Å². The van der Waals surface area contributed by atoms with Crippen LogP contribution in [0.2, 0.25) is 0 Å². The van der Waals surface area contributed by atoms with Crippen molar-refractivity contribution in [2.24, 2.45) is 0 Å². The minimum atomic E-state index is -0.0929. The quantitative estimate of drug-likeness (QED) is 0.376. The molecule has 1 aromatic heterocycles. The lowest BCUT2D eigenvalue weighted by Crippen LogP contribution is -2.36. The maximum Gasteiger partial charge on any atom is 0.243 e. The number of hydrogen-bond donors (Lipinski definition) is 2. The molecule has 0 bridgehead atoms. The summed E-state index contributed by atoms with van der Waals surface area (Å²) < 4.78 is 5.40. The minimum Gasteiger partial charge on any atom is -0.378 e. The topological polar surface area (TPSA) is 97.2 Å². The SMILES string of the molecule is O=C(CNc1ccc(CCn2nnc(-c3ccccc3)n2)cc1)Nc1ccc(N2CCOCC2)cc1. The van der Waals surface area contributed by atoms with Crippen molar-refractivity contribution in [3.8, 4) is 11.4 Å². The third kappa shape index (κ3) is 6.25. The maximum absolute atomic E-state index is 12.4. The van der Waals surface area contributed by atoms with Crippen LogP contribution in [0.25, 0.3) is 11.4 Å². The number of tetrazole rings is 1. The monoisotopic (exact) mass is 483 g/mol. The fourth-order valence-electron chi connectivity index (χ4n) is 4.02. The van der Waals surface area contributed by atoms with E-state index in [2.05, 4.69) is 30.9 Å². The fraction of sp³-hybridized carbons (Fsp3) is 0.259. The predicted octanol–water partition coefficient (Wildman–Crippen LogP) is 3.47. The Morgan fingerprint density at radius 2 is 1.61 bits per heavy atom. The number of aromatic nitrogens is 4. The van der Waals surface area contributed by atoms with Crippen molar-refractivity contribution >= 4 is 23.0 Å². The molecule has 0 spiro atoms. The second-order valence-electron chi connectivity index (χ2n) is 8.57. The van der Waals surface area contributed by atoms with Crippen molar-refractivity contribution in [2.75, 3.05) is 48.4 Å². The van der Waals surface area contributed by atoms with Gasteiger partial charge in [-0.1, -0.05) is 42.5 Å². The highest BCUT2D eigenvalue weighted by atomic mass is 16.5. The van der Waals surface area contributed by atoms with Crippen LogP contribution in [-0.4, -0.2) is 59.0 Å². The summed E-state index contributed by atoms with van der Waals surface area (Å²) in [5, 5.41) is 18.9. The zero-order valence-electron chi connectivity index (χ0n) is 20.0. The molecular weight excluding hydrogens is 454 g/mol. The van der Waals surface area contributed by atoms with Crippen LogP contribution in [-0.2, 0) is 22.5 Å². The number of nitrogens with zero attached hydrogens (tertiary/aromatic N) is 5. The molecule has 5 rings (SSSR count). The van der Waals surface area contributed by atoms with Crippen LogP contribution in [0, 0.1) is 0 Å². The van der Waals surface area contributed by atoms with Gasteiger partial charge in [0.15, 0.2) is 0 Å². The lowest BCUT2D eigenvalue weighted by molar-refractivity contribution is -0.114. The molecule has 2 heterocycles. The van der Waals surface area contributed by atoms with Gasteiger partial charge in [-0.2, -0.15) is 4.80 Å². The smallest absolute Gasteiger partial charge is 0.243 e. The number of ether oxygens (including phenoxy) is 1. The van der Waals surface area contributed by atoms with E-state index < -0.39 is 0 Å². The first-order valence-electron chi connectivity index (χ1n) is 12.1. The van der Waals surface area contributed by atoms with E-state index in [4.69, 9.17) is 4.74 Å². The molecule has 0 saturated carbocycles. The second-order valence-corrected chi connectivity index (χ2v) is 8.57. The summed E-state index contributed by atoms with van der Waals surface area (Å²) in [6, 6.07) is 25.8. The molecule has 1 saturated heterocycles. The molecule has 1 amide bonds. The van der Waals surface area contributed by atoms with E-state index in [0.29, 0.717) is 12.4 Å². The highest BCUT2D eigenvalue weighted by Gasteiger charge is 2.11. The standard InChI is InChI=1S/C27H29N7O2/c35-26(29-24-10-12-25(13-11-24)33-16-18-36-19-17-33)20-28-23-8-6-21(7-9-23)14-15-34-31-27(30-32-34)22-4-2-1-3-5-22/h1-13,28H,14-20H2,(H,29,35). The number of benzene rings is 3. The van der Waals surface area contributed by atoms with Crippen LogP contribution in [0.5, 0.6) is 0 Å². The van der Waals surface area contributed by atoms with Gasteiger partial charge in [0.25, 0.3) is 0 Å². The fourth-order valence-corrected chi connectivity index (χ4v) is 4.02. The zero-order chi connectivity index (χ0) is 24.6. The van der Waals surface area contributed by atoms with Crippen molar-refractivity contribution in [3.63, 3.8) is 0 Å². The molecule has 1 fully saturated rings. The van der Waals surface area contributed by atoms with Gasteiger partial charge in [-0.05, 0) is 53.6 Å². The molecule has 3 aromatic carbocycles. The highest BCUT2D eigenvalue weighted by molar-refractivity contribution is 5.93. The third-order valence-electron chi connectivity index (χ3n) is 6.02. The van der Waals surface area contributed by atoms with Crippen LogP contribution in [0.15, 0.2) is 78.9 Å². The average Bonchev–Trinajstić information content (AvgIpc) is 3.42. The number of hydrogen-bond acceptors (Lipinski definition) is 7. The summed E-state index contributed by atoms with van der Waals surface area (Å²) in [5.41, 5.74) is 4.93. The Morgan fingerprint density at radius 1 is 0.889 bits per heavy atom. The Hall–Kier alpha value is -4.24. The molecule has 0 radical (unpaired) electrons. The molecule has 4 aromatic rings. The highest BCUT2D eigenvalue weighted by Crippen LogP contribution is 2.19. The number of aryl methyl sites for hydroxylation is 2. The first kappa shape index (κ1) is 23.5. The van der Waals surface area contributed by atoms with Crippen molar-refractivity contribution in [2.45, 2.75) is 13.0 Å².